The van der Waals surface area contributed by atoms with E-state index in [1.807, 2.05) is 0 Å². The second-order valence-electron chi connectivity index (χ2n) is 2.98. The van der Waals surface area contributed by atoms with Crippen LogP contribution in [0, 0.1) is 5.92 Å². The normalized spacial score (nSPS) is 53.6. The highest BCUT2D eigenvalue weighted by molar-refractivity contribution is 5.06. The molecular weight excluding hydrogens is 110 g/mol. The number of rotatable bonds is 0. The van der Waals surface area contributed by atoms with Crippen molar-refractivity contribution in [3.63, 3.8) is 0 Å². The van der Waals surface area contributed by atoms with Gasteiger partial charge in [-0.1, -0.05) is 0 Å². The van der Waals surface area contributed by atoms with Crippen LogP contribution in [0.1, 0.15) is 19.3 Å². The minimum atomic E-state index is 0. The summed E-state index contributed by atoms with van der Waals surface area (Å²) in [6.45, 7) is 0. The standard InChI is InChI=1S/C5H9N.ClH/c6-5-1-4(2-5)3-5;/h4H,1-3,6H2;1H. The fourth-order valence-corrected chi connectivity index (χ4v) is 1.66. The lowest BCUT2D eigenvalue weighted by atomic mass is 9.50. The Morgan fingerprint density at radius 1 is 1.29 bits per heavy atom. The van der Waals surface area contributed by atoms with Gasteiger partial charge in [-0.2, -0.15) is 0 Å². The van der Waals surface area contributed by atoms with Crippen LogP contribution in [0.2, 0.25) is 0 Å². The van der Waals surface area contributed by atoms with Gasteiger partial charge in [0.15, 0.2) is 0 Å². The van der Waals surface area contributed by atoms with E-state index in [0.717, 1.165) is 5.92 Å². The molecule has 0 heterocycles. The van der Waals surface area contributed by atoms with Crippen LogP contribution < -0.4 is 18.1 Å². The molecule has 3 aliphatic rings. The van der Waals surface area contributed by atoms with E-state index in [2.05, 4.69) is 5.73 Å². The van der Waals surface area contributed by atoms with E-state index in [1.54, 1.807) is 0 Å². The molecule has 0 aliphatic heterocycles. The summed E-state index contributed by atoms with van der Waals surface area (Å²) in [6.07, 6.45) is 4.31. The molecule has 42 valence electrons. The van der Waals surface area contributed by atoms with E-state index in [0.29, 0.717) is 5.54 Å². The van der Waals surface area contributed by atoms with E-state index in [9.17, 15) is 0 Å². The molecule has 2 bridgehead atoms. The molecule has 0 spiro atoms. The quantitative estimate of drug-likeness (QED) is 0.348. The third kappa shape index (κ3) is 0.485. The van der Waals surface area contributed by atoms with Crippen molar-refractivity contribution < 1.29 is 18.1 Å². The van der Waals surface area contributed by atoms with Gasteiger partial charge in [-0.3, -0.25) is 0 Å². The van der Waals surface area contributed by atoms with Crippen molar-refractivity contribution in [2.45, 2.75) is 24.8 Å². The summed E-state index contributed by atoms with van der Waals surface area (Å²) in [4.78, 5) is 0. The molecule has 3 fully saturated rings. The number of quaternary nitrogens is 1. The second kappa shape index (κ2) is 1.15. The summed E-state index contributed by atoms with van der Waals surface area (Å²) < 4.78 is 0. The molecule has 0 aromatic rings. The minimum absolute atomic E-state index is 0. The molecule has 3 saturated carbocycles. The zero-order valence-corrected chi connectivity index (χ0v) is 5.04. The molecule has 3 rings (SSSR count). The van der Waals surface area contributed by atoms with E-state index in [4.69, 9.17) is 0 Å². The van der Waals surface area contributed by atoms with Crippen LogP contribution >= 0.6 is 0 Å². The smallest absolute Gasteiger partial charge is 0.0954 e. The van der Waals surface area contributed by atoms with Gasteiger partial charge in [-0.25, -0.2) is 0 Å². The summed E-state index contributed by atoms with van der Waals surface area (Å²) in [5.74, 6) is 1.11. The zero-order chi connectivity index (χ0) is 4.20. The zero-order valence-electron chi connectivity index (χ0n) is 4.28. The molecule has 0 amide bonds. The molecular formula is C5H10ClN. The van der Waals surface area contributed by atoms with Gasteiger partial charge < -0.3 is 18.1 Å². The van der Waals surface area contributed by atoms with Crippen LogP contribution in [0.3, 0.4) is 0 Å². The summed E-state index contributed by atoms with van der Waals surface area (Å²) in [7, 11) is 0. The Balaban J connectivity index is 0.000000245. The number of hydrogen-bond acceptors (Lipinski definition) is 0. The first kappa shape index (κ1) is 5.39. The molecule has 3 aliphatic carbocycles. The van der Waals surface area contributed by atoms with Crippen LogP contribution in [0.15, 0.2) is 0 Å². The van der Waals surface area contributed by atoms with E-state index >= 15 is 0 Å². The molecule has 3 N–H and O–H groups in total. The molecule has 0 aromatic carbocycles. The van der Waals surface area contributed by atoms with Crippen molar-refractivity contribution in [1.29, 1.82) is 0 Å². The minimum Gasteiger partial charge on any atom is -1.00 e. The molecule has 1 nitrogen and oxygen atoms in total. The SMILES string of the molecule is [Cl-].[NH3+]C12CC(C1)C2. The van der Waals surface area contributed by atoms with Crippen LogP contribution in [0.25, 0.3) is 0 Å². The highest BCUT2D eigenvalue weighted by atomic mass is 35.5. The van der Waals surface area contributed by atoms with Crippen molar-refractivity contribution in [1.82, 2.24) is 0 Å². The Morgan fingerprint density at radius 2 is 1.57 bits per heavy atom. The summed E-state index contributed by atoms with van der Waals surface area (Å²) in [5, 5.41) is 0. The maximum Gasteiger partial charge on any atom is 0.0954 e. The van der Waals surface area contributed by atoms with Gasteiger partial charge in [0.05, 0.1) is 5.54 Å². The highest BCUT2D eigenvalue weighted by Gasteiger charge is 2.57. The van der Waals surface area contributed by atoms with Gasteiger partial charge in [0.1, 0.15) is 0 Å². The van der Waals surface area contributed by atoms with Crippen LogP contribution in [0.4, 0.5) is 0 Å². The lowest BCUT2D eigenvalue weighted by molar-refractivity contribution is -0.549. The van der Waals surface area contributed by atoms with Gasteiger partial charge in [0, 0.05) is 19.3 Å². The van der Waals surface area contributed by atoms with Gasteiger partial charge >= 0.3 is 0 Å². The van der Waals surface area contributed by atoms with E-state index in [1.165, 1.54) is 19.3 Å². The van der Waals surface area contributed by atoms with Gasteiger partial charge in [-0.15, -0.1) is 0 Å². The second-order valence-corrected chi connectivity index (χ2v) is 2.98. The van der Waals surface area contributed by atoms with Crippen molar-refractivity contribution in [3.05, 3.63) is 0 Å². The Bertz CT molecular complexity index is 75.1. The largest absolute Gasteiger partial charge is 1.00 e. The average molecular weight is 120 g/mol. The Morgan fingerprint density at radius 3 is 1.57 bits per heavy atom. The third-order valence-corrected chi connectivity index (χ3v) is 2.17. The van der Waals surface area contributed by atoms with Crippen LogP contribution in [-0.4, -0.2) is 5.54 Å². The van der Waals surface area contributed by atoms with E-state index < -0.39 is 0 Å². The molecule has 0 atom stereocenters. The topological polar surface area (TPSA) is 27.6 Å². The first-order valence-electron chi connectivity index (χ1n) is 2.64. The predicted octanol–water partition coefficient (Wildman–Crippen LogP) is -3.22. The fourth-order valence-electron chi connectivity index (χ4n) is 1.66. The Hall–Kier alpha value is 0.250. The van der Waals surface area contributed by atoms with Crippen LogP contribution in [0.5, 0.6) is 0 Å². The van der Waals surface area contributed by atoms with E-state index in [-0.39, 0.29) is 12.4 Å². The first-order chi connectivity index (χ1) is 2.79. The third-order valence-electron chi connectivity index (χ3n) is 2.17. The number of halogens is 1. The maximum absolute atomic E-state index is 4.04. The fraction of sp³-hybridized carbons (Fsp3) is 1.00. The average Bonchev–Trinajstić information content (AvgIpc) is 1.24. The van der Waals surface area contributed by atoms with Crippen molar-refractivity contribution in [2.24, 2.45) is 5.92 Å². The van der Waals surface area contributed by atoms with Gasteiger partial charge in [-0.05, 0) is 5.92 Å². The lowest BCUT2D eigenvalue weighted by Crippen LogP contribution is -3.00. The summed E-state index contributed by atoms with van der Waals surface area (Å²) in [6, 6.07) is 0. The Labute approximate surface area is 49.7 Å². The molecule has 0 unspecified atom stereocenters. The van der Waals surface area contributed by atoms with Crippen molar-refractivity contribution >= 4 is 0 Å². The molecule has 2 heteroatoms. The summed E-state index contributed by atoms with van der Waals surface area (Å²) >= 11 is 0. The number of hydrogen-bond donors (Lipinski definition) is 1. The molecule has 0 aromatic heterocycles. The monoisotopic (exact) mass is 119 g/mol. The van der Waals surface area contributed by atoms with Crippen molar-refractivity contribution in [2.75, 3.05) is 0 Å². The maximum atomic E-state index is 4.04. The van der Waals surface area contributed by atoms with Crippen molar-refractivity contribution in [3.8, 4) is 0 Å². The lowest BCUT2D eigenvalue weighted by Gasteiger charge is -2.55. The first-order valence-corrected chi connectivity index (χ1v) is 2.64. The molecule has 0 saturated heterocycles. The van der Waals surface area contributed by atoms with Gasteiger partial charge in [0.25, 0.3) is 0 Å². The molecule has 0 radical (unpaired) electrons. The predicted molar refractivity (Wildman–Crippen MR) is 23.0 cm³/mol. The molecule has 7 heavy (non-hydrogen) atoms. The Kier molecular flexibility index (Phi) is 0.884. The summed E-state index contributed by atoms with van der Waals surface area (Å²) in [5.41, 5.74) is 4.66. The van der Waals surface area contributed by atoms with Gasteiger partial charge in [0.2, 0.25) is 0 Å². The van der Waals surface area contributed by atoms with Crippen LogP contribution in [-0.2, 0) is 0 Å². The highest BCUT2D eigenvalue weighted by Crippen LogP contribution is 2.53.